The third-order valence-electron chi connectivity index (χ3n) is 4.79. The Morgan fingerprint density at radius 3 is 2.74 bits per heavy atom. The number of morpholine rings is 1. The average molecular weight is 320 g/mol. The van der Waals surface area contributed by atoms with Crippen LogP contribution in [-0.4, -0.2) is 70.9 Å². The molecule has 2 fully saturated rings. The van der Waals surface area contributed by atoms with Gasteiger partial charge in [-0.25, -0.2) is 0 Å². The van der Waals surface area contributed by atoms with Crippen LogP contribution in [0.5, 0.6) is 0 Å². The molecule has 6 nitrogen and oxygen atoms in total. The van der Waals surface area contributed by atoms with Crippen molar-refractivity contribution in [1.82, 2.24) is 19.6 Å². The Bertz CT molecular complexity index is 590. The molecule has 2 saturated heterocycles. The molecular formula is C17H28N4O2. The molecule has 0 spiro atoms. The second kappa shape index (κ2) is 5.91. The number of rotatable bonds is 1. The van der Waals surface area contributed by atoms with Crippen LogP contribution in [0.1, 0.15) is 43.4 Å². The van der Waals surface area contributed by atoms with Gasteiger partial charge in [-0.15, -0.1) is 0 Å². The van der Waals surface area contributed by atoms with E-state index in [1.54, 1.807) is 0 Å². The molecule has 3 heterocycles. The van der Waals surface area contributed by atoms with Gasteiger partial charge >= 0.3 is 0 Å². The number of amides is 1. The van der Waals surface area contributed by atoms with Gasteiger partial charge < -0.3 is 14.5 Å². The molecule has 1 amide bonds. The minimum Gasteiger partial charge on any atom is -0.374 e. The highest BCUT2D eigenvalue weighted by atomic mass is 16.5. The molecule has 1 aromatic rings. The largest absolute Gasteiger partial charge is 0.374 e. The minimum absolute atomic E-state index is 0.0321. The van der Waals surface area contributed by atoms with Crippen molar-refractivity contribution in [2.24, 2.45) is 0 Å². The van der Waals surface area contributed by atoms with Crippen LogP contribution in [0.3, 0.4) is 0 Å². The highest BCUT2D eigenvalue weighted by molar-refractivity contribution is 5.92. The topological polar surface area (TPSA) is 50.6 Å². The fraction of sp³-hybridized carbons (Fsp3) is 0.765. The van der Waals surface area contributed by atoms with Crippen molar-refractivity contribution < 1.29 is 9.53 Å². The van der Waals surface area contributed by atoms with E-state index in [1.807, 2.05) is 22.6 Å². The summed E-state index contributed by atoms with van der Waals surface area (Å²) in [5, 5.41) is 4.58. The summed E-state index contributed by atoms with van der Waals surface area (Å²) in [6.45, 7) is 11.5. The average Bonchev–Trinajstić information content (AvgIpc) is 2.88. The van der Waals surface area contributed by atoms with Gasteiger partial charge in [-0.05, 0) is 47.2 Å². The number of carbonyl (C=O) groups is 1. The number of fused-ring (bicyclic) bond motifs is 1. The number of ether oxygens (including phenoxy) is 1. The van der Waals surface area contributed by atoms with Crippen LogP contribution in [0.15, 0.2) is 6.07 Å². The van der Waals surface area contributed by atoms with Gasteiger partial charge in [0.05, 0.1) is 24.3 Å². The maximum atomic E-state index is 13.0. The number of carbonyl (C=O) groups excluding carboxylic acids is 1. The molecule has 2 aliphatic rings. The molecule has 128 valence electrons. The fourth-order valence-electron chi connectivity index (χ4n) is 3.69. The molecule has 0 bridgehead atoms. The van der Waals surface area contributed by atoms with Crippen molar-refractivity contribution >= 4 is 5.91 Å². The summed E-state index contributed by atoms with van der Waals surface area (Å²) in [5.74, 6) is 0.0321. The van der Waals surface area contributed by atoms with Crippen LogP contribution in [0.2, 0.25) is 0 Å². The van der Waals surface area contributed by atoms with Gasteiger partial charge in [-0.2, -0.15) is 5.10 Å². The maximum Gasteiger partial charge on any atom is 0.274 e. The molecule has 0 aromatic carbocycles. The van der Waals surface area contributed by atoms with Crippen LogP contribution >= 0.6 is 0 Å². The fourth-order valence-corrected chi connectivity index (χ4v) is 3.69. The van der Waals surface area contributed by atoms with Crippen LogP contribution in [0.25, 0.3) is 0 Å². The van der Waals surface area contributed by atoms with E-state index in [4.69, 9.17) is 4.74 Å². The van der Waals surface area contributed by atoms with E-state index in [0.29, 0.717) is 18.8 Å². The number of aryl methyl sites for hydroxylation is 1. The summed E-state index contributed by atoms with van der Waals surface area (Å²) in [6, 6.07) is 2.04. The first-order valence-electron chi connectivity index (χ1n) is 8.45. The lowest BCUT2D eigenvalue weighted by Gasteiger charge is -2.46. The molecule has 0 N–H and O–H groups in total. The van der Waals surface area contributed by atoms with E-state index >= 15 is 0 Å². The molecule has 0 aliphatic carbocycles. The maximum absolute atomic E-state index is 13.0. The van der Waals surface area contributed by atoms with E-state index in [9.17, 15) is 4.79 Å². The number of likely N-dealkylation sites (N-methyl/N-ethyl adjacent to an activating group) is 1. The lowest BCUT2D eigenvalue weighted by Crippen LogP contribution is -2.60. The summed E-state index contributed by atoms with van der Waals surface area (Å²) in [6.07, 6.45) is 1.15. The predicted molar refractivity (Wildman–Crippen MR) is 88.6 cm³/mol. The zero-order chi connectivity index (χ0) is 16.8. The van der Waals surface area contributed by atoms with Crippen LogP contribution in [0.4, 0.5) is 0 Å². The van der Waals surface area contributed by atoms with Gasteiger partial charge in [-0.1, -0.05) is 0 Å². The Balaban J connectivity index is 1.84. The number of piperidine rings is 1. The molecule has 2 atom stereocenters. The van der Waals surface area contributed by atoms with E-state index in [2.05, 4.69) is 37.8 Å². The summed E-state index contributed by atoms with van der Waals surface area (Å²) >= 11 is 0. The lowest BCUT2D eigenvalue weighted by atomic mass is 9.99. The smallest absolute Gasteiger partial charge is 0.274 e. The Morgan fingerprint density at radius 1 is 1.35 bits per heavy atom. The Labute approximate surface area is 138 Å². The van der Waals surface area contributed by atoms with Crippen molar-refractivity contribution in [3.8, 4) is 0 Å². The molecule has 3 rings (SSSR count). The summed E-state index contributed by atoms with van der Waals surface area (Å²) in [4.78, 5) is 17.3. The number of likely N-dealkylation sites (tertiary alicyclic amines) is 1. The Morgan fingerprint density at radius 2 is 2.09 bits per heavy atom. The van der Waals surface area contributed by atoms with Crippen LogP contribution < -0.4 is 0 Å². The van der Waals surface area contributed by atoms with E-state index in [-0.39, 0.29) is 23.6 Å². The summed E-state index contributed by atoms with van der Waals surface area (Å²) in [5.41, 5.74) is 1.44. The van der Waals surface area contributed by atoms with Crippen molar-refractivity contribution in [3.05, 3.63) is 17.5 Å². The van der Waals surface area contributed by atoms with Crippen molar-refractivity contribution in [2.45, 2.75) is 51.8 Å². The first kappa shape index (κ1) is 16.5. The Hall–Kier alpha value is -1.40. The van der Waals surface area contributed by atoms with E-state index in [0.717, 1.165) is 25.2 Å². The molecule has 23 heavy (non-hydrogen) atoms. The lowest BCUT2D eigenvalue weighted by molar-refractivity contribution is -0.0871. The van der Waals surface area contributed by atoms with E-state index in [1.165, 1.54) is 0 Å². The monoisotopic (exact) mass is 320 g/mol. The summed E-state index contributed by atoms with van der Waals surface area (Å²) in [7, 11) is 2.10. The Kier molecular flexibility index (Phi) is 4.23. The van der Waals surface area contributed by atoms with Crippen LogP contribution in [0, 0.1) is 6.92 Å². The zero-order valence-electron chi connectivity index (χ0n) is 14.9. The third-order valence-corrected chi connectivity index (χ3v) is 4.79. The SMILES string of the molecule is Cc1cc(C(=O)N2CCO[C@@H]3CCN(C)C[C@H]32)nn1C(C)(C)C. The van der Waals surface area contributed by atoms with Gasteiger partial charge in [0.1, 0.15) is 0 Å². The number of nitrogens with zero attached hydrogens (tertiary/aromatic N) is 4. The zero-order valence-corrected chi connectivity index (χ0v) is 14.9. The first-order chi connectivity index (χ1) is 10.8. The number of hydrogen-bond acceptors (Lipinski definition) is 4. The molecule has 1 aromatic heterocycles. The van der Waals surface area contributed by atoms with Crippen molar-refractivity contribution in [2.75, 3.05) is 33.3 Å². The minimum atomic E-state index is -0.124. The molecule has 6 heteroatoms. The molecular weight excluding hydrogens is 292 g/mol. The van der Waals surface area contributed by atoms with Gasteiger partial charge in [-0.3, -0.25) is 9.48 Å². The highest BCUT2D eigenvalue weighted by Crippen LogP contribution is 2.25. The summed E-state index contributed by atoms with van der Waals surface area (Å²) < 4.78 is 7.82. The third kappa shape index (κ3) is 3.15. The van der Waals surface area contributed by atoms with E-state index < -0.39 is 0 Å². The van der Waals surface area contributed by atoms with Crippen LogP contribution in [-0.2, 0) is 10.3 Å². The normalized spacial score (nSPS) is 26.2. The molecule has 0 unspecified atom stereocenters. The second-order valence-electron chi connectivity index (χ2n) is 7.78. The second-order valence-corrected chi connectivity index (χ2v) is 7.78. The predicted octanol–water partition coefficient (Wildman–Crippen LogP) is 1.49. The standard InChI is InChI=1S/C17H28N4O2/c1-12-10-13(18-21(12)17(2,3)4)16(22)20-8-9-23-15-6-7-19(5)11-14(15)20/h10,14-15H,6-9,11H2,1-5H3/t14-,15-/m1/s1. The molecule has 0 radical (unpaired) electrons. The molecule has 0 saturated carbocycles. The first-order valence-corrected chi connectivity index (χ1v) is 8.45. The quantitative estimate of drug-likeness (QED) is 0.787. The highest BCUT2D eigenvalue weighted by Gasteiger charge is 2.39. The molecule has 2 aliphatic heterocycles. The number of hydrogen-bond donors (Lipinski definition) is 0. The van der Waals surface area contributed by atoms with Crippen molar-refractivity contribution in [1.29, 1.82) is 0 Å². The van der Waals surface area contributed by atoms with Gasteiger partial charge in [0.25, 0.3) is 5.91 Å². The van der Waals surface area contributed by atoms with Gasteiger partial charge in [0, 0.05) is 25.3 Å². The van der Waals surface area contributed by atoms with Crippen molar-refractivity contribution in [3.63, 3.8) is 0 Å². The van der Waals surface area contributed by atoms with Gasteiger partial charge in [0.2, 0.25) is 0 Å². The number of aromatic nitrogens is 2. The van der Waals surface area contributed by atoms with Gasteiger partial charge in [0.15, 0.2) is 5.69 Å².